The van der Waals surface area contributed by atoms with E-state index in [1.165, 1.54) is 12.3 Å². The second-order valence-corrected chi connectivity index (χ2v) is 5.59. The molecule has 2 N–H and O–H groups in total. The van der Waals surface area contributed by atoms with Crippen molar-refractivity contribution in [3.63, 3.8) is 0 Å². The average molecular weight is 250 g/mol. The lowest BCUT2D eigenvalue weighted by Crippen LogP contribution is -2.14. The monoisotopic (exact) mass is 250 g/mol. The molecule has 1 aromatic heterocycles. The van der Waals surface area contributed by atoms with Crippen LogP contribution in [-0.4, -0.2) is 30.2 Å². The van der Waals surface area contributed by atoms with Crippen LogP contribution in [0.4, 0.5) is 5.13 Å². The summed E-state index contributed by atoms with van der Waals surface area (Å²) >= 11 is 1.07. The van der Waals surface area contributed by atoms with Crippen molar-refractivity contribution < 1.29 is 18.3 Å². The van der Waals surface area contributed by atoms with Gasteiger partial charge in [0.2, 0.25) is 10.0 Å². The number of carbonyl (C=O) groups is 1. The lowest BCUT2D eigenvalue weighted by atomic mass is 10.3. The number of nitrogens with one attached hydrogen (secondary N) is 1. The second-order valence-electron chi connectivity index (χ2n) is 2.72. The Bertz CT molecular complexity index is 451. The molecule has 1 rings (SSSR count). The minimum absolute atomic E-state index is 0.0408. The van der Waals surface area contributed by atoms with Crippen molar-refractivity contribution in [1.82, 2.24) is 4.98 Å². The zero-order valence-corrected chi connectivity index (χ0v) is 9.56. The van der Waals surface area contributed by atoms with Crippen LogP contribution in [0, 0.1) is 0 Å². The largest absolute Gasteiger partial charge is 0.481 e. The minimum atomic E-state index is -3.34. The van der Waals surface area contributed by atoms with Gasteiger partial charge in [-0.3, -0.25) is 9.52 Å². The minimum Gasteiger partial charge on any atom is -0.481 e. The summed E-state index contributed by atoms with van der Waals surface area (Å²) in [5.74, 6) is -1.04. The van der Waals surface area contributed by atoms with Crippen molar-refractivity contribution >= 4 is 32.5 Å². The highest BCUT2D eigenvalue weighted by Crippen LogP contribution is 2.17. The van der Waals surface area contributed by atoms with Crippen LogP contribution in [0.3, 0.4) is 0 Å². The smallest absolute Gasteiger partial charge is 0.309 e. The average Bonchev–Trinajstić information content (AvgIpc) is 2.50. The van der Waals surface area contributed by atoms with E-state index in [1.54, 1.807) is 0 Å². The van der Waals surface area contributed by atoms with Gasteiger partial charge in [0.1, 0.15) is 0 Å². The normalized spacial score (nSPS) is 11.3. The third-order valence-electron chi connectivity index (χ3n) is 1.51. The third-order valence-corrected chi connectivity index (χ3v) is 3.71. The van der Waals surface area contributed by atoms with E-state index in [4.69, 9.17) is 5.11 Å². The summed E-state index contributed by atoms with van der Waals surface area (Å²) in [6.45, 7) is 1.51. The standard InChI is InChI=1S/C7H10N2O4S2/c1-2-15(12,13)9-7-8-5(4-14-7)3-6(10)11/h4H,2-3H2,1H3,(H,8,9)(H,10,11). The number of aromatic nitrogens is 1. The Morgan fingerprint density at radius 2 is 2.33 bits per heavy atom. The highest BCUT2D eigenvalue weighted by molar-refractivity contribution is 7.92. The van der Waals surface area contributed by atoms with Crippen molar-refractivity contribution in [2.75, 3.05) is 10.5 Å². The van der Waals surface area contributed by atoms with Gasteiger partial charge in [-0.05, 0) is 6.92 Å². The predicted octanol–water partition coefficient (Wildman–Crippen LogP) is 0.532. The molecule has 0 aliphatic rings. The number of carboxylic acids is 1. The quantitative estimate of drug-likeness (QED) is 0.794. The van der Waals surface area contributed by atoms with Crippen LogP contribution in [0.1, 0.15) is 12.6 Å². The van der Waals surface area contributed by atoms with Crippen LogP contribution in [0.2, 0.25) is 0 Å². The molecule has 0 fully saturated rings. The number of rotatable bonds is 5. The van der Waals surface area contributed by atoms with Gasteiger partial charge in [-0.1, -0.05) is 0 Å². The maximum Gasteiger partial charge on any atom is 0.309 e. The number of hydrogen-bond donors (Lipinski definition) is 2. The van der Waals surface area contributed by atoms with E-state index >= 15 is 0 Å². The SMILES string of the molecule is CCS(=O)(=O)Nc1nc(CC(=O)O)cs1. The van der Waals surface area contributed by atoms with Gasteiger partial charge in [0.15, 0.2) is 5.13 Å². The fourth-order valence-electron chi connectivity index (χ4n) is 0.795. The van der Waals surface area contributed by atoms with E-state index in [9.17, 15) is 13.2 Å². The predicted molar refractivity (Wildman–Crippen MR) is 56.5 cm³/mol. The molecule has 0 atom stereocenters. The van der Waals surface area contributed by atoms with Crippen LogP contribution in [0.15, 0.2) is 5.38 Å². The summed E-state index contributed by atoms with van der Waals surface area (Å²) in [5.41, 5.74) is 0.348. The molecule has 15 heavy (non-hydrogen) atoms. The molecule has 0 saturated carbocycles. The third kappa shape index (κ3) is 3.84. The van der Waals surface area contributed by atoms with Crippen LogP contribution >= 0.6 is 11.3 Å². The fourth-order valence-corrected chi connectivity index (χ4v) is 2.38. The molecular formula is C7H10N2O4S2. The molecule has 0 spiro atoms. The van der Waals surface area contributed by atoms with E-state index in [0.717, 1.165) is 11.3 Å². The van der Waals surface area contributed by atoms with Gasteiger partial charge in [-0.15, -0.1) is 11.3 Å². The summed E-state index contributed by atoms with van der Waals surface area (Å²) in [6.07, 6.45) is -0.204. The first-order valence-electron chi connectivity index (χ1n) is 4.09. The first-order valence-corrected chi connectivity index (χ1v) is 6.63. The zero-order chi connectivity index (χ0) is 11.5. The second kappa shape index (κ2) is 4.58. The Balaban J connectivity index is 2.73. The first kappa shape index (κ1) is 11.9. The van der Waals surface area contributed by atoms with Crippen LogP contribution < -0.4 is 4.72 Å². The number of anilines is 1. The fraction of sp³-hybridized carbons (Fsp3) is 0.429. The number of thiazole rings is 1. The van der Waals surface area contributed by atoms with Crippen LogP contribution in [0.5, 0.6) is 0 Å². The Kier molecular flexibility index (Phi) is 3.64. The number of carboxylic acid groups (broad SMARTS) is 1. The van der Waals surface area contributed by atoms with Crippen LogP contribution in [0.25, 0.3) is 0 Å². The Morgan fingerprint density at radius 1 is 1.67 bits per heavy atom. The van der Waals surface area contributed by atoms with Crippen molar-refractivity contribution in [1.29, 1.82) is 0 Å². The number of nitrogens with zero attached hydrogens (tertiary/aromatic N) is 1. The molecule has 0 saturated heterocycles. The molecular weight excluding hydrogens is 240 g/mol. The van der Waals surface area contributed by atoms with Crippen LogP contribution in [-0.2, 0) is 21.2 Å². The Morgan fingerprint density at radius 3 is 2.87 bits per heavy atom. The zero-order valence-electron chi connectivity index (χ0n) is 7.93. The van der Waals surface area contributed by atoms with Crippen molar-refractivity contribution in [3.05, 3.63) is 11.1 Å². The van der Waals surface area contributed by atoms with E-state index in [1.807, 2.05) is 0 Å². The molecule has 0 bridgehead atoms. The molecule has 6 nitrogen and oxygen atoms in total. The molecule has 0 unspecified atom stereocenters. The number of hydrogen-bond acceptors (Lipinski definition) is 5. The molecule has 8 heteroatoms. The summed E-state index contributed by atoms with van der Waals surface area (Å²) in [4.78, 5) is 14.2. The van der Waals surface area contributed by atoms with Gasteiger partial charge < -0.3 is 5.11 Å². The molecule has 0 aromatic carbocycles. The van der Waals surface area contributed by atoms with Gasteiger partial charge in [0.25, 0.3) is 0 Å². The molecule has 0 radical (unpaired) electrons. The molecule has 1 heterocycles. The van der Waals surface area contributed by atoms with E-state index in [-0.39, 0.29) is 17.3 Å². The van der Waals surface area contributed by atoms with E-state index < -0.39 is 16.0 Å². The Hall–Kier alpha value is -1.15. The highest BCUT2D eigenvalue weighted by atomic mass is 32.2. The summed E-state index contributed by atoms with van der Waals surface area (Å²) in [5, 5.41) is 10.2. The van der Waals surface area contributed by atoms with Crippen molar-refractivity contribution in [3.8, 4) is 0 Å². The number of aliphatic carboxylic acids is 1. The van der Waals surface area contributed by atoms with Crippen molar-refractivity contribution in [2.45, 2.75) is 13.3 Å². The van der Waals surface area contributed by atoms with Gasteiger partial charge in [0.05, 0.1) is 17.9 Å². The maximum absolute atomic E-state index is 11.1. The van der Waals surface area contributed by atoms with E-state index in [2.05, 4.69) is 9.71 Å². The topological polar surface area (TPSA) is 96.4 Å². The Labute approximate surface area is 91.0 Å². The van der Waals surface area contributed by atoms with Gasteiger partial charge in [-0.2, -0.15) is 0 Å². The lowest BCUT2D eigenvalue weighted by Gasteiger charge is -1.99. The van der Waals surface area contributed by atoms with Crippen molar-refractivity contribution in [2.24, 2.45) is 0 Å². The summed E-state index contributed by atoms with van der Waals surface area (Å²) < 4.78 is 24.5. The molecule has 1 aromatic rings. The molecule has 0 aliphatic heterocycles. The lowest BCUT2D eigenvalue weighted by molar-refractivity contribution is -0.136. The summed E-state index contributed by atoms with van der Waals surface area (Å²) in [7, 11) is -3.34. The maximum atomic E-state index is 11.1. The molecule has 84 valence electrons. The van der Waals surface area contributed by atoms with Gasteiger partial charge in [0, 0.05) is 5.38 Å². The van der Waals surface area contributed by atoms with Gasteiger partial charge >= 0.3 is 5.97 Å². The first-order chi connectivity index (χ1) is 6.93. The van der Waals surface area contributed by atoms with E-state index in [0.29, 0.717) is 5.69 Å². The molecule has 0 amide bonds. The highest BCUT2D eigenvalue weighted by Gasteiger charge is 2.11. The molecule has 0 aliphatic carbocycles. The van der Waals surface area contributed by atoms with Gasteiger partial charge in [-0.25, -0.2) is 13.4 Å². The number of sulfonamides is 1. The summed E-state index contributed by atoms with van der Waals surface area (Å²) in [6, 6.07) is 0.